The number of hydrogen-bond acceptors (Lipinski definition) is 5. The summed E-state index contributed by atoms with van der Waals surface area (Å²) in [6.07, 6.45) is 1.87. The summed E-state index contributed by atoms with van der Waals surface area (Å²) < 4.78 is 0. The Morgan fingerprint density at radius 3 is 2.90 bits per heavy atom. The summed E-state index contributed by atoms with van der Waals surface area (Å²) in [5, 5.41) is 8.50. The Bertz CT molecular complexity index is 755. The summed E-state index contributed by atoms with van der Waals surface area (Å²) in [7, 11) is 0. The predicted octanol–water partition coefficient (Wildman–Crippen LogP) is 4.10. The number of benzene rings is 1. The average Bonchev–Trinajstić information content (AvgIpc) is 3.11. The molecule has 2 heterocycles. The van der Waals surface area contributed by atoms with E-state index in [4.69, 9.17) is 11.6 Å². The molecule has 0 unspecified atom stereocenters. The zero-order valence-corrected chi connectivity index (χ0v) is 13.1. The van der Waals surface area contributed by atoms with Crippen molar-refractivity contribution in [2.45, 2.75) is 6.42 Å². The van der Waals surface area contributed by atoms with E-state index in [-0.39, 0.29) is 12.3 Å². The molecule has 0 aliphatic heterocycles. The van der Waals surface area contributed by atoms with Gasteiger partial charge in [0.05, 0.1) is 17.1 Å². The van der Waals surface area contributed by atoms with Gasteiger partial charge in [-0.1, -0.05) is 29.8 Å². The molecule has 0 saturated heterocycles. The minimum atomic E-state index is -0.124. The van der Waals surface area contributed by atoms with Gasteiger partial charge in [0.2, 0.25) is 5.91 Å². The third-order valence-electron chi connectivity index (χ3n) is 2.68. The fourth-order valence-corrected chi connectivity index (χ4v) is 3.44. The number of thiazole rings is 2. The lowest BCUT2D eigenvalue weighted by Gasteiger charge is -2.00. The monoisotopic (exact) mass is 335 g/mol. The molecule has 0 atom stereocenters. The van der Waals surface area contributed by atoms with E-state index in [1.165, 1.54) is 22.7 Å². The van der Waals surface area contributed by atoms with Crippen LogP contribution in [0.5, 0.6) is 0 Å². The van der Waals surface area contributed by atoms with Gasteiger partial charge in [-0.3, -0.25) is 4.79 Å². The quantitative estimate of drug-likeness (QED) is 0.781. The Hall–Kier alpha value is -1.76. The van der Waals surface area contributed by atoms with Gasteiger partial charge >= 0.3 is 0 Å². The molecule has 21 heavy (non-hydrogen) atoms. The Labute approximate surface area is 134 Å². The lowest BCUT2D eigenvalue weighted by molar-refractivity contribution is -0.115. The number of hydrogen-bond donors (Lipinski definition) is 1. The number of carbonyl (C=O) groups excluding carboxylic acids is 1. The van der Waals surface area contributed by atoms with E-state index < -0.39 is 0 Å². The Morgan fingerprint density at radius 1 is 1.29 bits per heavy atom. The van der Waals surface area contributed by atoms with E-state index in [1.54, 1.807) is 6.20 Å². The minimum absolute atomic E-state index is 0.124. The van der Waals surface area contributed by atoms with Crippen molar-refractivity contribution in [3.8, 4) is 10.6 Å². The van der Waals surface area contributed by atoms with Crippen molar-refractivity contribution in [3.63, 3.8) is 0 Å². The number of rotatable bonds is 4. The van der Waals surface area contributed by atoms with Crippen LogP contribution in [0, 0.1) is 0 Å². The van der Waals surface area contributed by atoms with Gasteiger partial charge in [0.15, 0.2) is 5.13 Å². The Balaban J connectivity index is 1.71. The van der Waals surface area contributed by atoms with Gasteiger partial charge in [0, 0.05) is 22.5 Å². The van der Waals surface area contributed by atoms with Crippen LogP contribution in [0.4, 0.5) is 5.13 Å². The number of nitrogens with zero attached hydrogens (tertiary/aromatic N) is 2. The fraction of sp³-hybridized carbons (Fsp3) is 0.0714. The highest BCUT2D eigenvalue weighted by Crippen LogP contribution is 2.30. The second kappa shape index (κ2) is 6.34. The highest BCUT2D eigenvalue weighted by atomic mass is 35.5. The first kappa shape index (κ1) is 14.2. The largest absolute Gasteiger partial charge is 0.302 e. The standard InChI is InChI=1S/C14H10ClN3OS2/c15-11-4-2-1-3-10(11)13-17-9(8-21-13)7-12(19)18-14-16-5-6-20-14/h1-6,8H,7H2,(H,16,18,19). The molecule has 7 heteroatoms. The first-order valence-electron chi connectivity index (χ1n) is 6.11. The molecule has 0 aliphatic rings. The van der Waals surface area contributed by atoms with E-state index in [9.17, 15) is 4.79 Å². The topological polar surface area (TPSA) is 54.9 Å². The van der Waals surface area contributed by atoms with Gasteiger partial charge in [-0.15, -0.1) is 22.7 Å². The Kier molecular flexibility index (Phi) is 4.28. The summed E-state index contributed by atoms with van der Waals surface area (Å²) in [4.78, 5) is 20.4. The normalized spacial score (nSPS) is 10.5. The summed E-state index contributed by atoms with van der Waals surface area (Å²) in [6.45, 7) is 0. The first-order valence-corrected chi connectivity index (χ1v) is 8.25. The minimum Gasteiger partial charge on any atom is -0.302 e. The van der Waals surface area contributed by atoms with Gasteiger partial charge in [0.1, 0.15) is 5.01 Å². The molecule has 4 nitrogen and oxygen atoms in total. The second-order valence-corrected chi connectivity index (χ2v) is 6.35. The van der Waals surface area contributed by atoms with Gasteiger partial charge in [-0.05, 0) is 6.07 Å². The third kappa shape index (κ3) is 3.47. The summed E-state index contributed by atoms with van der Waals surface area (Å²) in [5.41, 5.74) is 1.61. The molecule has 1 amide bonds. The zero-order valence-electron chi connectivity index (χ0n) is 10.7. The summed E-state index contributed by atoms with van der Waals surface area (Å²) in [5.74, 6) is -0.124. The van der Waals surface area contributed by atoms with Crippen LogP contribution in [0.3, 0.4) is 0 Å². The molecule has 0 spiro atoms. The molecule has 3 aromatic rings. The zero-order chi connectivity index (χ0) is 14.7. The molecule has 0 aliphatic carbocycles. The molecule has 1 aromatic carbocycles. The van der Waals surface area contributed by atoms with Crippen molar-refractivity contribution in [2.75, 3.05) is 5.32 Å². The third-order valence-corrected chi connectivity index (χ3v) is 4.62. The van der Waals surface area contributed by atoms with Crippen molar-refractivity contribution in [2.24, 2.45) is 0 Å². The number of aromatic nitrogens is 2. The average molecular weight is 336 g/mol. The smallest absolute Gasteiger partial charge is 0.232 e. The van der Waals surface area contributed by atoms with Crippen molar-refractivity contribution < 1.29 is 4.79 Å². The number of carbonyl (C=O) groups is 1. The summed E-state index contributed by atoms with van der Waals surface area (Å²) >= 11 is 9.01. The van der Waals surface area contributed by atoms with Crippen LogP contribution in [0.2, 0.25) is 5.02 Å². The van der Waals surface area contributed by atoms with E-state index >= 15 is 0 Å². The summed E-state index contributed by atoms with van der Waals surface area (Å²) in [6, 6.07) is 7.53. The maximum absolute atomic E-state index is 11.9. The molecule has 0 bridgehead atoms. The number of amides is 1. The van der Waals surface area contributed by atoms with Crippen molar-refractivity contribution in [1.82, 2.24) is 9.97 Å². The molecule has 106 valence electrons. The predicted molar refractivity (Wildman–Crippen MR) is 87.0 cm³/mol. The van der Waals surface area contributed by atoms with E-state index in [0.29, 0.717) is 10.2 Å². The van der Waals surface area contributed by atoms with Gasteiger partial charge in [-0.2, -0.15) is 0 Å². The number of nitrogens with one attached hydrogen (secondary N) is 1. The molecule has 2 aromatic heterocycles. The van der Waals surface area contributed by atoms with E-state index in [0.717, 1.165) is 16.3 Å². The first-order chi connectivity index (χ1) is 10.2. The van der Waals surface area contributed by atoms with Crippen LogP contribution in [0.15, 0.2) is 41.2 Å². The lowest BCUT2D eigenvalue weighted by Crippen LogP contribution is -2.14. The van der Waals surface area contributed by atoms with Crippen molar-refractivity contribution in [1.29, 1.82) is 0 Å². The van der Waals surface area contributed by atoms with Gasteiger partial charge in [0.25, 0.3) is 0 Å². The number of anilines is 1. The van der Waals surface area contributed by atoms with Crippen LogP contribution in [0.25, 0.3) is 10.6 Å². The highest BCUT2D eigenvalue weighted by molar-refractivity contribution is 7.14. The van der Waals surface area contributed by atoms with Gasteiger partial charge in [-0.25, -0.2) is 9.97 Å². The van der Waals surface area contributed by atoms with Gasteiger partial charge < -0.3 is 5.32 Å². The van der Waals surface area contributed by atoms with Crippen LogP contribution < -0.4 is 5.32 Å². The van der Waals surface area contributed by atoms with Crippen molar-refractivity contribution >= 4 is 45.3 Å². The second-order valence-electron chi connectivity index (χ2n) is 4.19. The molecule has 3 rings (SSSR count). The SMILES string of the molecule is O=C(Cc1csc(-c2ccccc2Cl)n1)Nc1nccs1. The molecule has 0 fully saturated rings. The fourth-order valence-electron chi connectivity index (χ4n) is 1.76. The van der Waals surface area contributed by atoms with Crippen LogP contribution in [0.1, 0.15) is 5.69 Å². The number of halogens is 1. The maximum atomic E-state index is 11.9. The van der Waals surface area contributed by atoms with Crippen LogP contribution in [-0.2, 0) is 11.2 Å². The molecule has 0 radical (unpaired) electrons. The Morgan fingerprint density at radius 2 is 2.14 bits per heavy atom. The van der Waals surface area contributed by atoms with Crippen LogP contribution >= 0.6 is 34.3 Å². The highest BCUT2D eigenvalue weighted by Gasteiger charge is 2.11. The van der Waals surface area contributed by atoms with Crippen molar-refractivity contribution in [3.05, 3.63) is 51.9 Å². The molecule has 0 saturated carbocycles. The lowest BCUT2D eigenvalue weighted by atomic mass is 10.2. The van der Waals surface area contributed by atoms with Crippen LogP contribution in [-0.4, -0.2) is 15.9 Å². The maximum Gasteiger partial charge on any atom is 0.232 e. The molecular formula is C14H10ClN3OS2. The molecule has 1 N–H and O–H groups in total. The van der Waals surface area contributed by atoms with E-state index in [2.05, 4.69) is 15.3 Å². The van der Waals surface area contributed by atoms with E-state index in [1.807, 2.05) is 35.0 Å². The molecular weight excluding hydrogens is 326 g/mol.